The van der Waals surface area contributed by atoms with Gasteiger partial charge >= 0.3 is 0 Å². The fourth-order valence-electron chi connectivity index (χ4n) is 3.72. The van der Waals surface area contributed by atoms with E-state index in [0.717, 1.165) is 32.6 Å². The summed E-state index contributed by atoms with van der Waals surface area (Å²) in [7, 11) is 0. The van der Waals surface area contributed by atoms with Gasteiger partial charge < -0.3 is 4.74 Å². The fraction of sp³-hybridized carbons (Fsp3) is 0.0345. The zero-order valence-electron chi connectivity index (χ0n) is 18.3. The van der Waals surface area contributed by atoms with Crippen LogP contribution in [-0.4, -0.2) is 11.6 Å². The van der Waals surface area contributed by atoms with Crippen molar-refractivity contribution in [2.75, 3.05) is 5.01 Å². The van der Waals surface area contributed by atoms with Crippen LogP contribution in [0.1, 0.15) is 16.7 Å². The summed E-state index contributed by atoms with van der Waals surface area (Å²) in [5.41, 5.74) is 4.79. The van der Waals surface area contributed by atoms with Crippen LogP contribution in [0, 0.1) is 0 Å². The number of hydrazone groups is 1. The smallest absolute Gasteiger partial charge is 0.281 e. The Hall–Kier alpha value is -3.96. The highest BCUT2D eigenvalue weighted by atomic mass is 79.9. The molecule has 1 aliphatic heterocycles. The van der Waals surface area contributed by atoms with E-state index in [9.17, 15) is 4.79 Å². The molecule has 5 heteroatoms. The van der Waals surface area contributed by atoms with Gasteiger partial charge in [0.1, 0.15) is 18.1 Å². The van der Waals surface area contributed by atoms with Crippen LogP contribution in [0.3, 0.4) is 0 Å². The lowest BCUT2D eigenvalue weighted by molar-refractivity contribution is -0.114. The highest BCUT2D eigenvalue weighted by Gasteiger charge is 2.31. The van der Waals surface area contributed by atoms with Crippen molar-refractivity contribution in [1.82, 2.24) is 0 Å². The summed E-state index contributed by atoms with van der Waals surface area (Å²) in [5.74, 6) is 0.581. The van der Waals surface area contributed by atoms with E-state index < -0.39 is 0 Å². The van der Waals surface area contributed by atoms with E-state index >= 15 is 0 Å². The van der Waals surface area contributed by atoms with E-state index in [-0.39, 0.29) is 5.91 Å². The molecule has 1 heterocycles. The molecule has 0 aromatic heterocycles. The normalized spacial score (nSPS) is 14.4. The minimum absolute atomic E-state index is 0.162. The average Bonchev–Trinajstić information content (AvgIpc) is 3.21. The first kappa shape index (κ1) is 21.9. The number of carbonyl (C=O) groups excluding carboxylic acids is 1. The number of ether oxygens (including phenoxy) is 1. The molecule has 0 aliphatic carbocycles. The van der Waals surface area contributed by atoms with Crippen molar-refractivity contribution >= 4 is 39.3 Å². The van der Waals surface area contributed by atoms with Crippen molar-refractivity contribution < 1.29 is 9.53 Å². The molecule has 34 heavy (non-hydrogen) atoms. The van der Waals surface area contributed by atoms with E-state index in [0.29, 0.717) is 17.9 Å². The number of nitrogens with zero attached hydrogens (tertiary/aromatic N) is 2. The number of carbonyl (C=O) groups is 1. The monoisotopic (exact) mass is 508 g/mol. The Bertz CT molecular complexity index is 1370. The number of rotatable bonds is 6. The van der Waals surface area contributed by atoms with Gasteiger partial charge in [0.25, 0.3) is 5.91 Å². The third-order valence-corrected chi connectivity index (χ3v) is 6.05. The summed E-state index contributed by atoms with van der Waals surface area (Å²) in [6.45, 7) is 0.481. The lowest BCUT2D eigenvalue weighted by Gasteiger charge is -2.11. The van der Waals surface area contributed by atoms with Crippen molar-refractivity contribution in [1.29, 1.82) is 0 Å². The van der Waals surface area contributed by atoms with Gasteiger partial charge in [-0.3, -0.25) is 4.79 Å². The highest BCUT2D eigenvalue weighted by Crippen LogP contribution is 2.31. The first-order valence-electron chi connectivity index (χ1n) is 10.9. The molecule has 0 fully saturated rings. The second-order valence-corrected chi connectivity index (χ2v) is 8.64. The van der Waals surface area contributed by atoms with Crippen LogP contribution in [0.25, 0.3) is 6.08 Å². The first-order chi connectivity index (χ1) is 16.7. The van der Waals surface area contributed by atoms with Gasteiger partial charge in [-0.05, 0) is 57.4 Å². The van der Waals surface area contributed by atoms with Crippen molar-refractivity contribution in [2.45, 2.75) is 6.61 Å². The zero-order chi connectivity index (χ0) is 23.3. The van der Waals surface area contributed by atoms with Gasteiger partial charge in [-0.2, -0.15) is 10.1 Å². The topological polar surface area (TPSA) is 41.9 Å². The predicted octanol–water partition coefficient (Wildman–Crippen LogP) is 6.86. The van der Waals surface area contributed by atoms with Crippen LogP contribution in [0.15, 0.2) is 124 Å². The van der Waals surface area contributed by atoms with Gasteiger partial charge in [-0.1, -0.05) is 84.9 Å². The van der Waals surface area contributed by atoms with E-state index in [1.54, 1.807) is 0 Å². The summed E-state index contributed by atoms with van der Waals surface area (Å²) < 4.78 is 6.79. The van der Waals surface area contributed by atoms with Crippen LogP contribution in [-0.2, 0) is 11.4 Å². The van der Waals surface area contributed by atoms with Crippen LogP contribution >= 0.6 is 15.9 Å². The standard InChI is InChI=1S/C29H21BrN2O2/c30-26-19-22(16-17-27(26)34-20-21-10-4-1-5-11-21)18-25-28(23-12-6-2-7-13-23)31-32(29(25)33)24-14-8-3-9-15-24/h1-19H,20H2/b25-18-. The van der Waals surface area contributed by atoms with Gasteiger partial charge in [0.2, 0.25) is 0 Å². The minimum Gasteiger partial charge on any atom is -0.488 e. The van der Waals surface area contributed by atoms with Crippen LogP contribution in [0.5, 0.6) is 5.75 Å². The Morgan fingerprint density at radius 1 is 0.824 bits per heavy atom. The van der Waals surface area contributed by atoms with Crippen molar-refractivity contribution in [3.8, 4) is 5.75 Å². The molecule has 0 unspecified atom stereocenters. The molecule has 0 saturated heterocycles. The Morgan fingerprint density at radius 3 is 2.15 bits per heavy atom. The maximum Gasteiger partial charge on any atom is 0.281 e. The molecule has 1 aliphatic rings. The predicted molar refractivity (Wildman–Crippen MR) is 140 cm³/mol. The Labute approximate surface area is 206 Å². The molecule has 1 amide bonds. The molecule has 0 spiro atoms. The molecule has 0 radical (unpaired) electrons. The number of para-hydroxylation sites is 1. The van der Waals surface area contributed by atoms with E-state index in [2.05, 4.69) is 21.0 Å². The minimum atomic E-state index is -0.162. The highest BCUT2D eigenvalue weighted by molar-refractivity contribution is 9.10. The van der Waals surface area contributed by atoms with Gasteiger partial charge in [0.15, 0.2) is 0 Å². The first-order valence-corrected chi connectivity index (χ1v) is 11.7. The number of hydrogen-bond acceptors (Lipinski definition) is 3. The average molecular weight is 509 g/mol. The molecular formula is C29H21BrN2O2. The molecule has 0 atom stereocenters. The number of amides is 1. The Balaban J connectivity index is 1.45. The lowest BCUT2D eigenvalue weighted by Crippen LogP contribution is -2.21. The van der Waals surface area contributed by atoms with Gasteiger partial charge in [0.05, 0.1) is 15.7 Å². The second kappa shape index (κ2) is 9.89. The molecule has 0 saturated carbocycles. The maximum absolute atomic E-state index is 13.4. The Kier molecular flexibility index (Phi) is 6.36. The zero-order valence-corrected chi connectivity index (χ0v) is 19.9. The fourth-order valence-corrected chi connectivity index (χ4v) is 4.24. The molecule has 4 aromatic carbocycles. The molecule has 0 bridgehead atoms. The summed E-state index contributed by atoms with van der Waals surface area (Å²) in [6.07, 6.45) is 1.88. The number of benzene rings is 4. The maximum atomic E-state index is 13.4. The van der Waals surface area contributed by atoms with Gasteiger partial charge in [-0.25, -0.2) is 0 Å². The Morgan fingerprint density at radius 2 is 1.47 bits per heavy atom. The van der Waals surface area contributed by atoms with Crippen LogP contribution < -0.4 is 9.75 Å². The van der Waals surface area contributed by atoms with Crippen LogP contribution in [0.2, 0.25) is 0 Å². The summed E-state index contributed by atoms with van der Waals surface area (Å²) in [4.78, 5) is 13.4. The number of hydrogen-bond donors (Lipinski definition) is 0. The number of halogens is 1. The molecule has 166 valence electrons. The molecule has 4 nitrogen and oxygen atoms in total. The van der Waals surface area contributed by atoms with E-state index in [1.165, 1.54) is 5.01 Å². The van der Waals surface area contributed by atoms with Crippen molar-refractivity contribution in [2.24, 2.45) is 5.10 Å². The summed E-state index contributed by atoms with van der Waals surface area (Å²) >= 11 is 3.61. The summed E-state index contributed by atoms with van der Waals surface area (Å²) in [6, 6.07) is 35.1. The SMILES string of the molecule is O=C1/C(=C\c2ccc(OCc3ccccc3)c(Br)c2)C(c2ccccc2)=NN1c1ccccc1. The van der Waals surface area contributed by atoms with E-state index in [4.69, 9.17) is 4.74 Å². The molecule has 4 aromatic rings. The van der Waals surface area contributed by atoms with E-state index in [1.807, 2.05) is 115 Å². The molecule has 0 N–H and O–H groups in total. The largest absolute Gasteiger partial charge is 0.488 e. The van der Waals surface area contributed by atoms with Crippen molar-refractivity contribution in [3.63, 3.8) is 0 Å². The van der Waals surface area contributed by atoms with Gasteiger partial charge in [0, 0.05) is 5.56 Å². The molecule has 5 rings (SSSR count). The second-order valence-electron chi connectivity index (χ2n) is 7.79. The third kappa shape index (κ3) is 4.70. The molecular weight excluding hydrogens is 488 g/mol. The van der Waals surface area contributed by atoms with Crippen LogP contribution in [0.4, 0.5) is 5.69 Å². The van der Waals surface area contributed by atoms with Crippen molar-refractivity contribution in [3.05, 3.63) is 136 Å². The summed E-state index contributed by atoms with van der Waals surface area (Å²) in [5, 5.41) is 6.14. The number of anilines is 1. The lowest BCUT2D eigenvalue weighted by atomic mass is 10.0. The third-order valence-electron chi connectivity index (χ3n) is 5.43. The van der Waals surface area contributed by atoms with Gasteiger partial charge in [-0.15, -0.1) is 0 Å². The quantitative estimate of drug-likeness (QED) is 0.267.